The second-order valence-electron chi connectivity index (χ2n) is 3.43. The quantitative estimate of drug-likeness (QED) is 0.816. The highest BCUT2D eigenvalue weighted by Gasteiger charge is 1.99. The van der Waals surface area contributed by atoms with Crippen molar-refractivity contribution in [2.75, 3.05) is 17.2 Å². The van der Waals surface area contributed by atoms with Crippen molar-refractivity contribution in [1.29, 1.82) is 0 Å². The van der Waals surface area contributed by atoms with Gasteiger partial charge in [0.15, 0.2) is 0 Å². The zero-order chi connectivity index (χ0) is 11.9. The Morgan fingerprint density at radius 3 is 2.71 bits per heavy atom. The fourth-order valence-corrected chi connectivity index (χ4v) is 1.27. The predicted molar refractivity (Wildman–Crippen MR) is 66.1 cm³/mol. The molecule has 0 bridgehead atoms. The molecule has 0 spiro atoms. The molecule has 0 aliphatic carbocycles. The number of nitrogens with zero attached hydrogens (tertiary/aromatic N) is 4. The van der Waals surface area contributed by atoms with E-state index in [4.69, 9.17) is 0 Å². The van der Waals surface area contributed by atoms with Gasteiger partial charge in [-0.3, -0.25) is 4.98 Å². The zero-order valence-corrected chi connectivity index (χ0v) is 9.59. The average Bonchev–Trinajstić information content (AvgIpc) is 2.38. The fraction of sp³-hybridized carbons (Fsp3) is 0.273. The standard InChI is InChI=1S/C11H14N6/c1-2-3-13-9-6-10(16-8-15-9)17-11-7-12-4-5-14-11/h4-8H,2-3H2,1H3,(H2,13,14,15,16,17). The lowest BCUT2D eigenvalue weighted by atomic mass is 10.4. The van der Waals surface area contributed by atoms with Crippen molar-refractivity contribution in [1.82, 2.24) is 19.9 Å². The molecule has 0 aliphatic heterocycles. The van der Waals surface area contributed by atoms with Gasteiger partial charge in [-0.25, -0.2) is 15.0 Å². The molecule has 17 heavy (non-hydrogen) atoms. The van der Waals surface area contributed by atoms with E-state index in [1.54, 1.807) is 18.6 Å². The number of aromatic nitrogens is 4. The summed E-state index contributed by atoms with van der Waals surface area (Å²) in [5, 5.41) is 6.25. The van der Waals surface area contributed by atoms with E-state index in [2.05, 4.69) is 37.5 Å². The topological polar surface area (TPSA) is 75.6 Å². The zero-order valence-electron chi connectivity index (χ0n) is 9.59. The SMILES string of the molecule is CCCNc1cc(Nc2cnccn2)ncn1. The van der Waals surface area contributed by atoms with Crippen LogP contribution in [-0.4, -0.2) is 26.5 Å². The highest BCUT2D eigenvalue weighted by molar-refractivity contribution is 5.54. The summed E-state index contributed by atoms with van der Waals surface area (Å²) >= 11 is 0. The van der Waals surface area contributed by atoms with E-state index in [-0.39, 0.29) is 0 Å². The summed E-state index contributed by atoms with van der Waals surface area (Å²) in [6, 6.07) is 1.84. The monoisotopic (exact) mass is 230 g/mol. The molecule has 6 nitrogen and oxygen atoms in total. The van der Waals surface area contributed by atoms with Crippen molar-refractivity contribution in [2.24, 2.45) is 0 Å². The number of rotatable bonds is 5. The molecule has 2 heterocycles. The Hall–Kier alpha value is -2.24. The molecule has 6 heteroatoms. The van der Waals surface area contributed by atoms with E-state index in [9.17, 15) is 0 Å². The van der Waals surface area contributed by atoms with Crippen LogP contribution in [0.15, 0.2) is 31.0 Å². The van der Waals surface area contributed by atoms with Crippen molar-refractivity contribution in [3.05, 3.63) is 31.0 Å². The summed E-state index contributed by atoms with van der Waals surface area (Å²) in [5.74, 6) is 2.15. The molecule has 0 amide bonds. The summed E-state index contributed by atoms with van der Waals surface area (Å²) in [5.41, 5.74) is 0. The normalized spacial score (nSPS) is 9.94. The van der Waals surface area contributed by atoms with Crippen LogP contribution < -0.4 is 10.6 Å². The van der Waals surface area contributed by atoms with E-state index in [1.807, 2.05) is 6.07 Å². The van der Waals surface area contributed by atoms with Gasteiger partial charge >= 0.3 is 0 Å². The van der Waals surface area contributed by atoms with E-state index < -0.39 is 0 Å². The molecule has 2 aromatic heterocycles. The second-order valence-corrected chi connectivity index (χ2v) is 3.43. The number of hydrogen-bond donors (Lipinski definition) is 2. The van der Waals surface area contributed by atoms with Crippen LogP contribution in [0.1, 0.15) is 13.3 Å². The number of nitrogens with one attached hydrogen (secondary N) is 2. The van der Waals surface area contributed by atoms with Crippen molar-refractivity contribution in [3.63, 3.8) is 0 Å². The molecule has 0 unspecified atom stereocenters. The van der Waals surface area contributed by atoms with E-state index in [1.165, 1.54) is 6.33 Å². The Morgan fingerprint density at radius 2 is 1.94 bits per heavy atom. The molecular formula is C11H14N6. The molecule has 2 aromatic rings. The van der Waals surface area contributed by atoms with Crippen LogP contribution in [-0.2, 0) is 0 Å². The third kappa shape index (κ3) is 3.37. The number of anilines is 3. The lowest BCUT2D eigenvalue weighted by Gasteiger charge is -2.06. The van der Waals surface area contributed by atoms with Crippen molar-refractivity contribution in [2.45, 2.75) is 13.3 Å². The fourth-order valence-electron chi connectivity index (χ4n) is 1.27. The highest BCUT2D eigenvalue weighted by atomic mass is 15.1. The van der Waals surface area contributed by atoms with Gasteiger partial charge in [-0.05, 0) is 6.42 Å². The van der Waals surface area contributed by atoms with E-state index in [0.29, 0.717) is 11.6 Å². The molecule has 0 radical (unpaired) electrons. The first kappa shape index (κ1) is 11.3. The van der Waals surface area contributed by atoms with Gasteiger partial charge in [0.05, 0.1) is 6.20 Å². The van der Waals surface area contributed by atoms with Crippen molar-refractivity contribution < 1.29 is 0 Å². The molecule has 0 aliphatic rings. The minimum atomic E-state index is 0.660. The summed E-state index contributed by atoms with van der Waals surface area (Å²) < 4.78 is 0. The van der Waals surface area contributed by atoms with Crippen molar-refractivity contribution >= 4 is 17.5 Å². The molecular weight excluding hydrogens is 216 g/mol. The first-order valence-corrected chi connectivity index (χ1v) is 5.47. The maximum atomic E-state index is 4.12. The lowest BCUT2D eigenvalue weighted by molar-refractivity contribution is 0.965. The summed E-state index contributed by atoms with van der Waals surface area (Å²) in [4.78, 5) is 16.3. The average molecular weight is 230 g/mol. The second kappa shape index (κ2) is 5.74. The molecule has 0 saturated heterocycles. The predicted octanol–water partition coefficient (Wildman–Crippen LogP) is 1.83. The van der Waals surface area contributed by atoms with Gasteiger partial charge in [0.2, 0.25) is 0 Å². The smallest absolute Gasteiger partial charge is 0.150 e. The van der Waals surface area contributed by atoms with Crippen LogP contribution in [0.3, 0.4) is 0 Å². The lowest BCUT2D eigenvalue weighted by Crippen LogP contribution is -2.03. The molecule has 0 aromatic carbocycles. The third-order valence-electron chi connectivity index (χ3n) is 2.04. The van der Waals surface area contributed by atoms with Crippen LogP contribution in [0.25, 0.3) is 0 Å². The Labute approximate surface area is 99.6 Å². The Balaban J connectivity index is 2.06. The van der Waals surface area contributed by atoms with E-state index in [0.717, 1.165) is 18.8 Å². The highest BCUT2D eigenvalue weighted by Crippen LogP contribution is 2.12. The maximum absolute atomic E-state index is 4.12. The molecule has 0 saturated carbocycles. The Kier molecular flexibility index (Phi) is 3.80. The van der Waals surface area contributed by atoms with Crippen LogP contribution in [0.2, 0.25) is 0 Å². The molecule has 2 N–H and O–H groups in total. The summed E-state index contributed by atoms with van der Waals surface area (Å²) in [6.07, 6.45) is 7.45. The minimum absolute atomic E-state index is 0.660. The first-order valence-electron chi connectivity index (χ1n) is 5.47. The molecule has 2 rings (SSSR count). The molecule has 0 atom stereocenters. The van der Waals surface area contributed by atoms with Gasteiger partial charge in [-0.2, -0.15) is 0 Å². The Bertz CT molecular complexity index is 459. The van der Waals surface area contributed by atoms with Gasteiger partial charge in [-0.15, -0.1) is 0 Å². The third-order valence-corrected chi connectivity index (χ3v) is 2.04. The van der Waals surface area contributed by atoms with Gasteiger partial charge in [0.1, 0.15) is 23.8 Å². The van der Waals surface area contributed by atoms with Crippen LogP contribution in [0.4, 0.5) is 17.5 Å². The maximum Gasteiger partial charge on any atom is 0.150 e. The van der Waals surface area contributed by atoms with Gasteiger partial charge < -0.3 is 10.6 Å². The summed E-state index contributed by atoms with van der Waals surface area (Å²) in [7, 11) is 0. The van der Waals surface area contributed by atoms with Crippen LogP contribution in [0, 0.1) is 0 Å². The van der Waals surface area contributed by atoms with E-state index >= 15 is 0 Å². The minimum Gasteiger partial charge on any atom is -0.370 e. The molecule has 0 fully saturated rings. The van der Waals surface area contributed by atoms with Crippen LogP contribution in [0.5, 0.6) is 0 Å². The number of hydrogen-bond acceptors (Lipinski definition) is 6. The van der Waals surface area contributed by atoms with Crippen LogP contribution >= 0.6 is 0 Å². The largest absolute Gasteiger partial charge is 0.370 e. The van der Waals surface area contributed by atoms with Gasteiger partial charge in [-0.1, -0.05) is 6.92 Å². The Morgan fingerprint density at radius 1 is 1.06 bits per heavy atom. The molecule has 88 valence electrons. The summed E-state index contributed by atoms with van der Waals surface area (Å²) in [6.45, 7) is 2.99. The first-order chi connectivity index (χ1) is 8.38. The van der Waals surface area contributed by atoms with Crippen molar-refractivity contribution in [3.8, 4) is 0 Å². The van der Waals surface area contributed by atoms with Gasteiger partial charge in [0, 0.05) is 25.0 Å². The van der Waals surface area contributed by atoms with Gasteiger partial charge in [0.25, 0.3) is 0 Å².